The van der Waals surface area contributed by atoms with Crippen molar-refractivity contribution in [3.63, 3.8) is 0 Å². The number of amides is 2. The highest BCUT2D eigenvalue weighted by atomic mass is 16.6. The number of rotatable bonds is 5. The Morgan fingerprint density at radius 1 is 1.14 bits per heavy atom. The first kappa shape index (κ1) is 19.2. The summed E-state index contributed by atoms with van der Waals surface area (Å²) in [7, 11) is 0. The lowest BCUT2D eigenvalue weighted by Crippen LogP contribution is -2.39. The number of nitrogens with one attached hydrogen (secondary N) is 1. The van der Waals surface area contributed by atoms with Crippen LogP contribution in [0.3, 0.4) is 0 Å². The third-order valence-electron chi connectivity index (χ3n) is 3.38. The van der Waals surface area contributed by atoms with Gasteiger partial charge in [-0.15, -0.1) is 0 Å². The Balaban J connectivity index is 0.000000885. The first-order chi connectivity index (χ1) is 9.92. The summed E-state index contributed by atoms with van der Waals surface area (Å²) in [4.78, 5) is 33.4. The van der Waals surface area contributed by atoms with Crippen LogP contribution < -0.4 is 5.48 Å². The van der Waals surface area contributed by atoms with Crippen LogP contribution in [0.4, 0.5) is 4.79 Å². The summed E-state index contributed by atoms with van der Waals surface area (Å²) in [6.45, 7) is 2.92. The summed E-state index contributed by atoms with van der Waals surface area (Å²) >= 11 is 0. The molecule has 2 amide bonds. The summed E-state index contributed by atoms with van der Waals surface area (Å²) in [6, 6.07) is 0. The minimum absolute atomic E-state index is 0.140. The fourth-order valence-electron chi connectivity index (χ4n) is 2.32. The van der Waals surface area contributed by atoms with E-state index < -0.39 is 12.1 Å². The van der Waals surface area contributed by atoms with Crippen LogP contribution >= 0.6 is 0 Å². The fourth-order valence-corrected chi connectivity index (χ4v) is 2.32. The van der Waals surface area contributed by atoms with Crippen molar-refractivity contribution in [3.05, 3.63) is 0 Å². The number of hydrogen-bond acceptors (Lipinski definition) is 4. The third-order valence-corrected chi connectivity index (χ3v) is 3.38. The summed E-state index contributed by atoms with van der Waals surface area (Å²) in [5.41, 5.74) is 1.59. The van der Waals surface area contributed by atoms with Gasteiger partial charge in [0.15, 0.2) is 0 Å². The zero-order chi connectivity index (χ0) is 16.3. The molecule has 122 valence electrons. The Morgan fingerprint density at radius 2 is 1.67 bits per heavy atom. The fraction of sp³-hybridized carbons (Fsp3) is 0.769. The van der Waals surface area contributed by atoms with Gasteiger partial charge in [-0.05, 0) is 19.8 Å². The van der Waals surface area contributed by atoms with Crippen molar-refractivity contribution in [2.24, 2.45) is 5.92 Å². The Bertz CT molecular complexity index is 338. The lowest BCUT2D eigenvalue weighted by molar-refractivity contribution is -0.137. The maximum Gasteiger partial charge on any atom is 0.503 e. The van der Waals surface area contributed by atoms with Gasteiger partial charge in [-0.2, -0.15) is 0 Å². The molecule has 1 aliphatic rings. The molecule has 0 heterocycles. The summed E-state index contributed by atoms with van der Waals surface area (Å²) < 4.78 is 0. The summed E-state index contributed by atoms with van der Waals surface area (Å²) in [5.74, 6) is -0.140. The highest BCUT2D eigenvalue weighted by Gasteiger charge is 2.25. The van der Waals surface area contributed by atoms with Crippen molar-refractivity contribution in [2.75, 3.05) is 13.1 Å². The van der Waals surface area contributed by atoms with Crippen LogP contribution in [0.5, 0.6) is 0 Å². The Kier molecular flexibility index (Phi) is 9.95. The summed E-state index contributed by atoms with van der Waals surface area (Å²) in [5, 5.41) is 22.3. The van der Waals surface area contributed by atoms with E-state index in [2.05, 4.69) is 0 Å². The second-order valence-corrected chi connectivity index (χ2v) is 4.82. The molecule has 0 unspecified atom stereocenters. The highest BCUT2D eigenvalue weighted by molar-refractivity contribution is 5.80. The minimum Gasteiger partial charge on any atom is -0.450 e. The number of carbonyl (C=O) groups excluding carboxylic acids is 2. The molecule has 1 saturated carbocycles. The Hall–Kier alpha value is -1.83. The maximum atomic E-state index is 12.2. The van der Waals surface area contributed by atoms with Crippen LogP contribution in [-0.4, -0.2) is 51.4 Å². The molecule has 21 heavy (non-hydrogen) atoms. The van der Waals surface area contributed by atoms with Gasteiger partial charge in [-0.3, -0.25) is 14.8 Å². The van der Waals surface area contributed by atoms with E-state index in [9.17, 15) is 9.59 Å². The molecule has 4 N–H and O–H groups in total. The molecule has 0 aromatic rings. The number of carboxylic acid groups (broad SMARTS) is 2. The van der Waals surface area contributed by atoms with Gasteiger partial charge in [-0.1, -0.05) is 19.3 Å². The predicted octanol–water partition coefficient (Wildman–Crippen LogP) is 1.53. The van der Waals surface area contributed by atoms with Gasteiger partial charge in [0, 0.05) is 25.4 Å². The standard InChI is InChI=1S/C12H22N2O3.CH2O3/c1-2-14(9-8-11(15)13-17)12(16)10-6-4-3-5-7-10;2-1(3)4/h10,17H,2-9H2,1H3,(H,13,15);(H2,2,3,4). The van der Waals surface area contributed by atoms with Gasteiger partial charge in [0.25, 0.3) is 0 Å². The van der Waals surface area contributed by atoms with E-state index in [4.69, 9.17) is 20.2 Å². The van der Waals surface area contributed by atoms with E-state index in [-0.39, 0.29) is 18.2 Å². The van der Waals surface area contributed by atoms with Crippen molar-refractivity contribution in [2.45, 2.75) is 45.4 Å². The van der Waals surface area contributed by atoms with Gasteiger partial charge < -0.3 is 15.1 Å². The van der Waals surface area contributed by atoms with Crippen molar-refractivity contribution >= 4 is 18.0 Å². The molecule has 0 aromatic carbocycles. The summed E-state index contributed by atoms with van der Waals surface area (Å²) in [6.07, 6.45) is 3.75. The van der Waals surface area contributed by atoms with Crippen LogP contribution in [0.15, 0.2) is 0 Å². The van der Waals surface area contributed by atoms with E-state index in [1.54, 1.807) is 10.4 Å². The zero-order valence-electron chi connectivity index (χ0n) is 12.2. The molecule has 0 spiro atoms. The van der Waals surface area contributed by atoms with E-state index in [1.807, 2.05) is 6.92 Å². The predicted molar refractivity (Wildman–Crippen MR) is 74.0 cm³/mol. The van der Waals surface area contributed by atoms with Crippen LogP contribution in [0, 0.1) is 5.92 Å². The largest absolute Gasteiger partial charge is 0.503 e. The van der Waals surface area contributed by atoms with Crippen LogP contribution in [0.2, 0.25) is 0 Å². The van der Waals surface area contributed by atoms with Gasteiger partial charge in [0.2, 0.25) is 11.8 Å². The lowest BCUT2D eigenvalue weighted by atomic mass is 9.88. The molecule has 1 fully saturated rings. The molecule has 8 heteroatoms. The maximum absolute atomic E-state index is 12.2. The Morgan fingerprint density at radius 3 is 2.10 bits per heavy atom. The van der Waals surface area contributed by atoms with Crippen LogP contribution in [0.25, 0.3) is 0 Å². The van der Waals surface area contributed by atoms with E-state index >= 15 is 0 Å². The zero-order valence-corrected chi connectivity index (χ0v) is 12.2. The van der Waals surface area contributed by atoms with E-state index in [0.717, 1.165) is 25.7 Å². The van der Waals surface area contributed by atoms with Crippen molar-refractivity contribution < 1.29 is 29.8 Å². The molecule has 0 saturated heterocycles. The van der Waals surface area contributed by atoms with Crippen LogP contribution in [-0.2, 0) is 9.59 Å². The first-order valence-electron chi connectivity index (χ1n) is 7.06. The van der Waals surface area contributed by atoms with Crippen molar-refractivity contribution in [3.8, 4) is 0 Å². The van der Waals surface area contributed by atoms with Gasteiger partial charge in [0.05, 0.1) is 0 Å². The van der Waals surface area contributed by atoms with Crippen molar-refractivity contribution in [1.29, 1.82) is 0 Å². The van der Waals surface area contributed by atoms with Gasteiger partial charge in [-0.25, -0.2) is 10.3 Å². The van der Waals surface area contributed by atoms with Crippen LogP contribution in [0.1, 0.15) is 45.4 Å². The molecule has 1 aliphatic carbocycles. The molecule has 0 bridgehead atoms. The number of hydroxylamine groups is 1. The van der Waals surface area contributed by atoms with Gasteiger partial charge >= 0.3 is 6.16 Å². The van der Waals surface area contributed by atoms with E-state index in [1.165, 1.54) is 6.42 Å². The lowest BCUT2D eigenvalue weighted by Gasteiger charge is -2.28. The second-order valence-electron chi connectivity index (χ2n) is 4.82. The third kappa shape index (κ3) is 8.85. The Labute approximate surface area is 123 Å². The molecule has 8 nitrogen and oxygen atoms in total. The molecule has 0 atom stereocenters. The molecule has 0 radical (unpaired) electrons. The smallest absolute Gasteiger partial charge is 0.450 e. The number of hydrogen-bond donors (Lipinski definition) is 4. The van der Waals surface area contributed by atoms with Gasteiger partial charge in [0.1, 0.15) is 0 Å². The first-order valence-corrected chi connectivity index (χ1v) is 7.06. The molecule has 1 rings (SSSR count). The quantitative estimate of drug-likeness (QED) is 0.450. The average Bonchev–Trinajstić information content (AvgIpc) is 2.47. The molecular weight excluding hydrogens is 280 g/mol. The SMILES string of the molecule is CCN(CCC(=O)NO)C(=O)C1CCCCC1.O=C(O)O. The second kappa shape index (κ2) is 10.9. The molecular formula is C13H24N2O6. The molecule has 0 aromatic heterocycles. The van der Waals surface area contributed by atoms with E-state index in [0.29, 0.717) is 13.1 Å². The average molecular weight is 304 g/mol. The minimum atomic E-state index is -1.83. The normalized spacial score (nSPS) is 14.6. The monoisotopic (exact) mass is 304 g/mol. The van der Waals surface area contributed by atoms with Crippen molar-refractivity contribution in [1.82, 2.24) is 10.4 Å². The topological polar surface area (TPSA) is 127 Å². The highest BCUT2D eigenvalue weighted by Crippen LogP contribution is 2.25. The molecule has 0 aliphatic heterocycles. The number of nitrogens with zero attached hydrogens (tertiary/aromatic N) is 1. The number of carbonyl (C=O) groups is 3.